The van der Waals surface area contributed by atoms with Crippen LogP contribution in [-0.2, 0) is 11.3 Å². The number of halogens is 1. The highest BCUT2D eigenvalue weighted by Gasteiger charge is 2.34. The first-order chi connectivity index (χ1) is 14.6. The van der Waals surface area contributed by atoms with E-state index in [-0.39, 0.29) is 25.1 Å². The van der Waals surface area contributed by atoms with Gasteiger partial charge in [-0.05, 0) is 56.2 Å². The van der Waals surface area contributed by atoms with Gasteiger partial charge in [-0.25, -0.2) is 0 Å². The number of carbonyl (C=O) groups excluding carboxylic acids is 1. The molecule has 0 unspecified atom stereocenters. The molecule has 1 saturated carbocycles. The van der Waals surface area contributed by atoms with Gasteiger partial charge in [0.15, 0.2) is 6.61 Å². The molecule has 4 rings (SSSR count). The first-order valence-electron chi connectivity index (χ1n) is 9.86. The number of hydrogen-bond acceptors (Lipinski definition) is 6. The number of ether oxygens (including phenoxy) is 2. The van der Waals surface area contributed by atoms with Crippen molar-refractivity contribution in [3.8, 4) is 23.0 Å². The summed E-state index contributed by atoms with van der Waals surface area (Å²) in [5.41, 5.74) is 0.668. The zero-order valence-electron chi connectivity index (χ0n) is 16.6. The molecule has 1 aromatic heterocycles. The molecule has 0 saturated heterocycles. The molecule has 2 aromatic carbocycles. The molecule has 1 heterocycles. The summed E-state index contributed by atoms with van der Waals surface area (Å²) in [6.45, 7) is 2.71. The molecule has 0 aliphatic heterocycles. The average Bonchev–Trinajstić information content (AvgIpc) is 3.50. The van der Waals surface area contributed by atoms with Crippen LogP contribution in [0, 0.1) is 0 Å². The molecule has 1 aliphatic carbocycles. The largest absolute Gasteiger partial charge is 0.494 e. The van der Waals surface area contributed by atoms with E-state index >= 15 is 0 Å². The van der Waals surface area contributed by atoms with Crippen LogP contribution in [0.25, 0.3) is 11.5 Å². The summed E-state index contributed by atoms with van der Waals surface area (Å²) in [5.74, 6) is 1.96. The number of carbonyl (C=O) groups is 1. The number of benzene rings is 2. The number of amides is 1. The minimum absolute atomic E-state index is 0.0595. The number of hydrogen-bond donors (Lipinski definition) is 0. The lowest BCUT2D eigenvalue weighted by Crippen LogP contribution is -2.36. The van der Waals surface area contributed by atoms with E-state index in [4.69, 9.17) is 25.5 Å². The fourth-order valence-electron chi connectivity index (χ4n) is 3.04. The molecular weight excluding hydrogens is 406 g/mol. The fourth-order valence-corrected chi connectivity index (χ4v) is 3.26. The maximum atomic E-state index is 12.8. The number of rotatable bonds is 9. The molecule has 7 nitrogen and oxygen atoms in total. The van der Waals surface area contributed by atoms with Crippen LogP contribution in [0.15, 0.2) is 52.9 Å². The third-order valence-corrected chi connectivity index (χ3v) is 5.01. The van der Waals surface area contributed by atoms with Crippen LogP contribution < -0.4 is 9.47 Å². The molecule has 0 N–H and O–H groups in total. The first kappa shape index (κ1) is 20.2. The molecule has 1 fully saturated rings. The van der Waals surface area contributed by atoms with Gasteiger partial charge >= 0.3 is 0 Å². The zero-order chi connectivity index (χ0) is 20.9. The van der Waals surface area contributed by atoms with E-state index in [2.05, 4.69) is 10.2 Å². The van der Waals surface area contributed by atoms with Crippen molar-refractivity contribution < 1.29 is 18.7 Å². The van der Waals surface area contributed by atoms with Gasteiger partial charge in [-0.15, -0.1) is 10.2 Å². The van der Waals surface area contributed by atoms with E-state index < -0.39 is 0 Å². The number of aromatic nitrogens is 2. The highest BCUT2D eigenvalue weighted by atomic mass is 35.5. The third-order valence-electron chi connectivity index (χ3n) is 4.68. The second-order valence-corrected chi connectivity index (χ2v) is 7.33. The smallest absolute Gasteiger partial charge is 0.261 e. The minimum atomic E-state index is -0.121. The van der Waals surface area contributed by atoms with Crippen molar-refractivity contribution in [2.24, 2.45) is 0 Å². The van der Waals surface area contributed by atoms with Crippen LogP contribution in [0.2, 0.25) is 5.02 Å². The van der Waals surface area contributed by atoms with E-state index in [1.165, 1.54) is 0 Å². The van der Waals surface area contributed by atoms with Crippen molar-refractivity contribution in [3.63, 3.8) is 0 Å². The highest BCUT2D eigenvalue weighted by molar-refractivity contribution is 6.33. The predicted octanol–water partition coefficient (Wildman–Crippen LogP) is 4.36. The van der Waals surface area contributed by atoms with E-state index in [0.29, 0.717) is 34.7 Å². The summed E-state index contributed by atoms with van der Waals surface area (Å²) < 4.78 is 16.8. The molecule has 3 aromatic rings. The van der Waals surface area contributed by atoms with Crippen molar-refractivity contribution >= 4 is 17.5 Å². The van der Waals surface area contributed by atoms with Crippen LogP contribution in [0.4, 0.5) is 0 Å². The van der Waals surface area contributed by atoms with Crippen LogP contribution in [0.3, 0.4) is 0 Å². The highest BCUT2D eigenvalue weighted by Crippen LogP contribution is 2.30. The Morgan fingerprint density at radius 1 is 1.10 bits per heavy atom. The van der Waals surface area contributed by atoms with E-state index in [0.717, 1.165) is 18.6 Å². The Labute approximate surface area is 179 Å². The quantitative estimate of drug-likeness (QED) is 0.505. The van der Waals surface area contributed by atoms with Crippen molar-refractivity contribution in [1.82, 2.24) is 15.1 Å². The van der Waals surface area contributed by atoms with Crippen LogP contribution in [0.1, 0.15) is 25.7 Å². The normalized spacial score (nSPS) is 13.1. The molecule has 156 valence electrons. The van der Waals surface area contributed by atoms with Crippen molar-refractivity contribution in [2.45, 2.75) is 32.4 Å². The van der Waals surface area contributed by atoms with Gasteiger partial charge in [-0.2, -0.15) is 0 Å². The van der Waals surface area contributed by atoms with Crippen molar-refractivity contribution in [1.29, 1.82) is 0 Å². The molecule has 0 atom stereocenters. The lowest BCUT2D eigenvalue weighted by Gasteiger charge is -2.20. The topological polar surface area (TPSA) is 77.7 Å². The minimum Gasteiger partial charge on any atom is -0.494 e. The SMILES string of the molecule is CCOc1ccc(OCC(=O)N(Cc2nnc(-c3ccccc3Cl)o2)C2CC2)cc1. The van der Waals surface area contributed by atoms with Gasteiger partial charge in [0, 0.05) is 6.04 Å². The van der Waals surface area contributed by atoms with Gasteiger partial charge < -0.3 is 18.8 Å². The summed E-state index contributed by atoms with van der Waals surface area (Å²) in [6.07, 6.45) is 1.92. The van der Waals surface area contributed by atoms with E-state index in [1.54, 1.807) is 23.1 Å². The molecule has 8 heteroatoms. The van der Waals surface area contributed by atoms with Gasteiger partial charge in [0.05, 0.1) is 23.7 Å². The predicted molar refractivity (Wildman–Crippen MR) is 111 cm³/mol. The van der Waals surface area contributed by atoms with Crippen molar-refractivity contribution in [3.05, 3.63) is 59.4 Å². The number of nitrogens with zero attached hydrogens (tertiary/aromatic N) is 3. The Hall–Kier alpha value is -3.06. The fraction of sp³-hybridized carbons (Fsp3) is 0.318. The van der Waals surface area contributed by atoms with Gasteiger partial charge in [0.25, 0.3) is 5.91 Å². The molecule has 1 aliphatic rings. The lowest BCUT2D eigenvalue weighted by molar-refractivity contribution is -0.134. The molecule has 0 radical (unpaired) electrons. The Kier molecular flexibility index (Phi) is 6.18. The Bertz CT molecular complexity index is 1000. The zero-order valence-corrected chi connectivity index (χ0v) is 17.3. The Balaban J connectivity index is 1.38. The standard InChI is InChI=1S/C22H22ClN3O4/c1-2-28-16-9-11-17(12-10-16)29-14-21(27)26(15-7-8-15)13-20-24-25-22(30-20)18-5-3-4-6-19(18)23/h3-6,9-12,15H,2,7-8,13-14H2,1H3. The maximum absolute atomic E-state index is 12.8. The van der Waals surface area contributed by atoms with E-state index in [1.807, 2.05) is 37.3 Å². The molecule has 1 amide bonds. The van der Waals surface area contributed by atoms with Gasteiger partial charge in [0.1, 0.15) is 11.5 Å². The van der Waals surface area contributed by atoms with Crippen molar-refractivity contribution in [2.75, 3.05) is 13.2 Å². The molecule has 0 bridgehead atoms. The van der Waals surface area contributed by atoms with Gasteiger partial charge in [-0.3, -0.25) is 4.79 Å². The van der Waals surface area contributed by atoms with Crippen LogP contribution in [-0.4, -0.2) is 40.3 Å². The van der Waals surface area contributed by atoms with E-state index in [9.17, 15) is 4.79 Å². The van der Waals surface area contributed by atoms with Gasteiger partial charge in [-0.1, -0.05) is 23.7 Å². The Morgan fingerprint density at radius 2 is 1.80 bits per heavy atom. The third kappa shape index (κ3) is 4.91. The monoisotopic (exact) mass is 427 g/mol. The molecule has 30 heavy (non-hydrogen) atoms. The van der Waals surface area contributed by atoms with Crippen LogP contribution >= 0.6 is 11.6 Å². The average molecular weight is 428 g/mol. The summed E-state index contributed by atoms with van der Waals surface area (Å²) in [7, 11) is 0. The Morgan fingerprint density at radius 3 is 2.47 bits per heavy atom. The van der Waals surface area contributed by atoms with Gasteiger partial charge in [0.2, 0.25) is 11.8 Å². The second kappa shape index (κ2) is 9.17. The molecular formula is C22H22ClN3O4. The summed E-state index contributed by atoms with van der Waals surface area (Å²) in [5, 5.41) is 8.70. The summed E-state index contributed by atoms with van der Waals surface area (Å²) in [4.78, 5) is 14.5. The summed E-state index contributed by atoms with van der Waals surface area (Å²) >= 11 is 6.19. The molecule has 0 spiro atoms. The summed E-state index contributed by atoms with van der Waals surface area (Å²) in [6, 6.07) is 14.6. The lowest BCUT2D eigenvalue weighted by atomic mass is 10.2. The first-order valence-corrected chi connectivity index (χ1v) is 10.2. The van der Waals surface area contributed by atoms with Crippen LogP contribution in [0.5, 0.6) is 11.5 Å². The second-order valence-electron chi connectivity index (χ2n) is 6.93. The maximum Gasteiger partial charge on any atom is 0.261 e.